The number of para-hydroxylation sites is 1. The molecular weight excluding hydrogens is 216 g/mol. The van der Waals surface area contributed by atoms with Crippen molar-refractivity contribution in [3.8, 4) is 17.6 Å². The van der Waals surface area contributed by atoms with Crippen molar-refractivity contribution in [2.75, 3.05) is 7.11 Å². The molecule has 0 aromatic heterocycles. The van der Waals surface area contributed by atoms with Gasteiger partial charge in [-0.3, -0.25) is 0 Å². The molecule has 1 rings (SSSR count). The van der Waals surface area contributed by atoms with Gasteiger partial charge in [-0.2, -0.15) is 14.0 Å². The van der Waals surface area contributed by atoms with Crippen LogP contribution in [0.25, 0.3) is 6.08 Å². The highest BCUT2D eigenvalue weighted by atomic mass is 19.3. The largest absolute Gasteiger partial charge is 0.493 e. The molecule has 0 atom stereocenters. The van der Waals surface area contributed by atoms with Crippen LogP contribution in [0.15, 0.2) is 24.3 Å². The van der Waals surface area contributed by atoms with Crippen molar-refractivity contribution in [3.63, 3.8) is 0 Å². The Hall–Kier alpha value is -2.09. The van der Waals surface area contributed by atoms with Crippen LogP contribution in [0.5, 0.6) is 11.5 Å². The summed E-state index contributed by atoms with van der Waals surface area (Å²) in [5.41, 5.74) is 0.362. The van der Waals surface area contributed by atoms with Gasteiger partial charge in [-0.1, -0.05) is 12.1 Å². The van der Waals surface area contributed by atoms with Crippen molar-refractivity contribution in [1.29, 1.82) is 5.26 Å². The summed E-state index contributed by atoms with van der Waals surface area (Å²) in [6.07, 6.45) is 2.55. The van der Waals surface area contributed by atoms with Gasteiger partial charge in [0.2, 0.25) is 0 Å². The van der Waals surface area contributed by atoms with E-state index in [1.54, 1.807) is 18.2 Å². The fraction of sp³-hybridized carbons (Fsp3) is 0.182. The highest BCUT2D eigenvalue weighted by Gasteiger charge is 2.13. The minimum Gasteiger partial charge on any atom is -0.493 e. The van der Waals surface area contributed by atoms with Crippen LogP contribution in [-0.2, 0) is 0 Å². The number of halogens is 2. The van der Waals surface area contributed by atoms with E-state index in [9.17, 15) is 8.78 Å². The average Bonchev–Trinajstić information content (AvgIpc) is 2.27. The summed E-state index contributed by atoms with van der Waals surface area (Å²) in [4.78, 5) is 0. The van der Waals surface area contributed by atoms with Crippen molar-refractivity contribution >= 4 is 6.08 Å². The van der Waals surface area contributed by atoms with Gasteiger partial charge in [0, 0.05) is 11.6 Å². The molecule has 0 spiro atoms. The second-order valence-corrected chi connectivity index (χ2v) is 2.72. The van der Waals surface area contributed by atoms with Gasteiger partial charge in [0.1, 0.15) is 0 Å². The van der Waals surface area contributed by atoms with Crippen LogP contribution in [-0.4, -0.2) is 13.7 Å². The van der Waals surface area contributed by atoms with Crippen molar-refractivity contribution < 1.29 is 18.3 Å². The lowest BCUT2D eigenvalue weighted by Crippen LogP contribution is -2.04. The minimum atomic E-state index is -2.94. The molecule has 5 heteroatoms. The number of nitrogens with zero attached hydrogens (tertiary/aromatic N) is 1. The summed E-state index contributed by atoms with van der Waals surface area (Å²) in [5, 5.41) is 8.37. The molecule has 16 heavy (non-hydrogen) atoms. The normalized spacial score (nSPS) is 10.4. The summed E-state index contributed by atoms with van der Waals surface area (Å²) in [6, 6.07) is 6.44. The second-order valence-electron chi connectivity index (χ2n) is 2.72. The predicted octanol–water partition coefficient (Wildman–Crippen LogP) is 2.83. The Morgan fingerprint density at radius 1 is 1.44 bits per heavy atom. The monoisotopic (exact) mass is 225 g/mol. The fourth-order valence-electron chi connectivity index (χ4n) is 1.17. The van der Waals surface area contributed by atoms with E-state index in [2.05, 4.69) is 4.74 Å². The molecule has 0 aliphatic heterocycles. The maximum Gasteiger partial charge on any atom is 0.387 e. The standard InChI is InChI=1S/C11H9F2NO2/c1-15-9-6-2-4-8(5-3-7-14)10(9)16-11(12)13/h2-6,11H,1H3. The van der Waals surface area contributed by atoms with E-state index < -0.39 is 6.61 Å². The maximum absolute atomic E-state index is 12.2. The van der Waals surface area contributed by atoms with E-state index in [-0.39, 0.29) is 11.5 Å². The highest BCUT2D eigenvalue weighted by molar-refractivity contribution is 5.63. The topological polar surface area (TPSA) is 42.2 Å². The van der Waals surface area contributed by atoms with Gasteiger partial charge in [0.15, 0.2) is 11.5 Å². The molecule has 0 heterocycles. The number of alkyl halides is 2. The summed E-state index contributed by atoms with van der Waals surface area (Å²) >= 11 is 0. The Labute approximate surface area is 91.5 Å². The quantitative estimate of drug-likeness (QED) is 0.740. The van der Waals surface area contributed by atoms with E-state index in [1.807, 2.05) is 0 Å². The highest BCUT2D eigenvalue weighted by Crippen LogP contribution is 2.33. The first kappa shape index (κ1) is 12.0. The Balaban J connectivity index is 3.15. The van der Waals surface area contributed by atoms with E-state index in [0.717, 1.165) is 0 Å². The zero-order chi connectivity index (χ0) is 12.0. The Bertz CT molecular complexity index is 424. The third-order valence-corrected chi connectivity index (χ3v) is 1.77. The molecule has 1 aromatic rings. The van der Waals surface area contributed by atoms with Gasteiger partial charge in [0.05, 0.1) is 13.2 Å². The van der Waals surface area contributed by atoms with Gasteiger partial charge >= 0.3 is 6.61 Å². The lowest BCUT2D eigenvalue weighted by molar-refractivity contribution is -0.0513. The van der Waals surface area contributed by atoms with Crippen molar-refractivity contribution in [3.05, 3.63) is 29.8 Å². The van der Waals surface area contributed by atoms with Crippen LogP contribution in [0.2, 0.25) is 0 Å². The lowest BCUT2D eigenvalue weighted by atomic mass is 10.1. The first-order valence-corrected chi connectivity index (χ1v) is 4.37. The number of nitriles is 1. The zero-order valence-corrected chi connectivity index (χ0v) is 8.48. The number of hydrogen-bond donors (Lipinski definition) is 0. The summed E-state index contributed by atoms with van der Waals surface area (Å²) in [6.45, 7) is -2.94. The third-order valence-electron chi connectivity index (χ3n) is 1.77. The minimum absolute atomic E-state index is 0.0773. The van der Waals surface area contributed by atoms with E-state index >= 15 is 0 Å². The molecule has 0 fully saturated rings. The van der Waals surface area contributed by atoms with Gasteiger partial charge in [-0.15, -0.1) is 0 Å². The molecule has 0 unspecified atom stereocenters. The molecule has 0 amide bonds. The summed E-state index contributed by atoms with van der Waals surface area (Å²) in [7, 11) is 1.35. The molecule has 0 aliphatic rings. The molecule has 0 bridgehead atoms. The van der Waals surface area contributed by atoms with Crippen LogP contribution in [0.4, 0.5) is 8.78 Å². The Morgan fingerprint density at radius 3 is 2.75 bits per heavy atom. The second kappa shape index (κ2) is 5.71. The van der Waals surface area contributed by atoms with E-state index in [4.69, 9.17) is 10.00 Å². The first-order valence-electron chi connectivity index (χ1n) is 4.37. The van der Waals surface area contributed by atoms with Gasteiger partial charge in [-0.25, -0.2) is 0 Å². The molecule has 0 saturated heterocycles. The third kappa shape index (κ3) is 2.95. The number of allylic oxidation sites excluding steroid dienone is 1. The maximum atomic E-state index is 12.2. The van der Waals surface area contributed by atoms with Gasteiger partial charge < -0.3 is 9.47 Å². The van der Waals surface area contributed by atoms with Crippen LogP contribution in [0.3, 0.4) is 0 Å². The number of rotatable bonds is 4. The fourth-order valence-corrected chi connectivity index (χ4v) is 1.17. The first-order chi connectivity index (χ1) is 7.69. The predicted molar refractivity (Wildman–Crippen MR) is 54.3 cm³/mol. The van der Waals surface area contributed by atoms with Gasteiger partial charge in [-0.05, 0) is 12.1 Å². The number of ether oxygens (including phenoxy) is 2. The number of hydrogen-bond acceptors (Lipinski definition) is 3. The van der Waals surface area contributed by atoms with E-state index in [0.29, 0.717) is 5.56 Å². The van der Waals surface area contributed by atoms with E-state index in [1.165, 1.54) is 25.3 Å². The summed E-state index contributed by atoms with van der Waals surface area (Å²) in [5.74, 6) is 0.117. The summed E-state index contributed by atoms with van der Waals surface area (Å²) < 4.78 is 33.6. The molecule has 0 radical (unpaired) electrons. The van der Waals surface area contributed by atoms with Crippen molar-refractivity contribution in [2.45, 2.75) is 6.61 Å². The Morgan fingerprint density at radius 2 is 2.19 bits per heavy atom. The smallest absolute Gasteiger partial charge is 0.387 e. The molecule has 0 saturated carbocycles. The molecular formula is C11H9F2NO2. The average molecular weight is 225 g/mol. The Kier molecular flexibility index (Phi) is 4.28. The number of methoxy groups -OCH3 is 1. The van der Waals surface area contributed by atoms with Crippen LogP contribution >= 0.6 is 0 Å². The lowest BCUT2D eigenvalue weighted by Gasteiger charge is -2.11. The van der Waals surface area contributed by atoms with Crippen molar-refractivity contribution in [2.24, 2.45) is 0 Å². The van der Waals surface area contributed by atoms with Crippen LogP contribution < -0.4 is 9.47 Å². The van der Waals surface area contributed by atoms with Crippen molar-refractivity contribution in [1.82, 2.24) is 0 Å². The zero-order valence-electron chi connectivity index (χ0n) is 8.48. The van der Waals surface area contributed by atoms with Crippen LogP contribution in [0.1, 0.15) is 5.56 Å². The van der Waals surface area contributed by atoms with Crippen LogP contribution in [0, 0.1) is 11.3 Å². The number of benzene rings is 1. The molecule has 84 valence electrons. The molecule has 3 nitrogen and oxygen atoms in total. The van der Waals surface area contributed by atoms with Gasteiger partial charge in [0.25, 0.3) is 0 Å². The molecule has 0 N–H and O–H groups in total. The SMILES string of the molecule is COc1cccc(C=CC#N)c1OC(F)F. The molecule has 0 aliphatic carbocycles. The molecule has 1 aromatic carbocycles.